The lowest BCUT2D eigenvalue weighted by Crippen LogP contribution is -2.15. The van der Waals surface area contributed by atoms with Crippen molar-refractivity contribution in [2.75, 3.05) is 13.2 Å². The zero-order chi connectivity index (χ0) is 17.3. The minimum atomic E-state index is -3.91. The molecular weight excluding hydrogens is 316 g/mol. The summed E-state index contributed by atoms with van der Waals surface area (Å²) in [6.45, 7) is 6.27. The smallest absolute Gasteiger partial charge is 0.297 e. The van der Waals surface area contributed by atoms with Gasteiger partial charge in [0.15, 0.2) is 5.78 Å². The average molecular weight is 342 g/mol. The molecule has 1 rings (SSSR count). The number of Topliss-reactive ketones (excluding diaryl/α,β-unsaturated/α-hetero) is 1. The Bertz CT molecular complexity index is 576. The fraction of sp³-hybridized carbons (Fsp3) is 0.588. The molecule has 0 unspecified atom stereocenters. The number of carbonyl (C=O) groups excluding carboxylic acids is 1. The second-order valence-electron chi connectivity index (χ2n) is 5.86. The molecule has 0 spiro atoms. The predicted molar refractivity (Wildman–Crippen MR) is 89.1 cm³/mol. The maximum absolute atomic E-state index is 12.0. The average Bonchev–Trinajstić information content (AvgIpc) is 2.52. The standard InChI is InChI=1S/C17H26O5S/c1-4-5-12-21-16-8-10-17(11-9-16)23(19,20)22-13-15(18)7-6-14(2)3/h8-11,14H,4-7,12-13H2,1-3H3. The molecule has 0 N–H and O–H groups in total. The van der Waals surface area contributed by atoms with Crippen molar-refractivity contribution in [1.29, 1.82) is 0 Å². The van der Waals surface area contributed by atoms with Crippen molar-refractivity contribution >= 4 is 15.9 Å². The van der Waals surface area contributed by atoms with Crippen LogP contribution in [0.1, 0.15) is 46.5 Å². The summed E-state index contributed by atoms with van der Waals surface area (Å²) in [6, 6.07) is 6.03. The second-order valence-corrected chi connectivity index (χ2v) is 7.48. The summed E-state index contributed by atoms with van der Waals surface area (Å²) in [5.41, 5.74) is 0. The molecule has 0 saturated heterocycles. The zero-order valence-electron chi connectivity index (χ0n) is 14.1. The first-order valence-electron chi connectivity index (χ1n) is 7.99. The van der Waals surface area contributed by atoms with Gasteiger partial charge in [-0.1, -0.05) is 27.2 Å². The number of rotatable bonds is 11. The number of ketones is 1. The van der Waals surface area contributed by atoms with Gasteiger partial charge in [-0.2, -0.15) is 8.42 Å². The highest BCUT2D eigenvalue weighted by Gasteiger charge is 2.17. The molecule has 5 nitrogen and oxygen atoms in total. The van der Waals surface area contributed by atoms with Crippen molar-refractivity contribution < 1.29 is 22.1 Å². The van der Waals surface area contributed by atoms with Crippen LogP contribution in [0, 0.1) is 5.92 Å². The Kier molecular flexibility index (Phi) is 8.26. The van der Waals surface area contributed by atoms with Gasteiger partial charge in [-0.15, -0.1) is 0 Å². The van der Waals surface area contributed by atoms with Crippen molar-refractivity contribution in [1.82, 2.24) is 0 Å². The summed E-state index contributed by atoms with van der Waals surface area (Å²) in [4.78, 5) is 11.6. The van der Waals surface area contributed by atoms with E-state index in [1.54, 1.807) is 12.1 Å². The Labute approximate surface area is 139 Å². The molecule has 0 aliphatic heterocycles. The van der Waals surface area contributed by atoms with Crippen molar-refractivity contribution in [3.63, 3.8) is 0 Å². The number of unbranched alkanes of at least 4 members (excludes halogenated alkanes) is 1. The molecule has 0 bridgehead atoms. The van der Waals surface area contributed by atoms with Gasteiger partial charge in [0, 0.05) is 6.42 Å². The lowest BCUT2D eigenvalue weighted by molar-refractivity contribution is -0.121. The van der Waals surface area contributed by atoms with Crippen molar-refractivity contribution in [2.45, 2.75) is 51.3 Å². The van der Waals surface area contributed by atoms with E-state index < -0.39 is 16.7 Å². The minimum Gasteiger partial charge on any atom is -0.494 e. The van der Waals surface area contributed by atoms with Crippen LogP contribution in [0.3, 0.4) is 0 Å². The topological polar surface area (TPSA) is 69.7 Å². The normalized spacial score (nSPS) is 11.7. The quantitative estimate of drug-likeness (QED) is 0.454. The van der Waals surface area contributed by atoms with Gasteiger partial charge in [-0.3, -0.25) is 8.98 Å². The first-order chi connectivity index (χ1) is 10.8. The molecular formula is C17H26O5S. The molecule has 130 valence electrons. The van der Waals surface area contributed by atoms with E-state index in [1.165, 1.54) is 12.1 Å². The Morgan fingerprint density at radius 1 is 1.17 bits per heavy atom. The van der Waals surface area contributed by atoms with Crippen LogP contribution in [0.4, 0.5) is 0 Å². The van der Waals surface area contributed by atoms with Crippen LogP contribution in [0.5, 0.6) is 5.75 Å². The van der Waals surface area contributed by atoms with Crippen LogP contribution in [-0.4, -0.2) is 27.4 Å². The maximum atomic E-state index is 12.0. The highest BCUT2D eigenvalue weighted by atomic mass is 32.2. The van der Waals surface area contributed by atoms with Crippen LogP contribution >= 0.6 is 0 Å². The molecule has 1 aromatic rings. The van der Waals surface area contributed by atoms with Crippen molar-refractivity contribution in [3.8, 4) is 5.75 Å². The number of hydrogen-bond donors (Lipinski definition) is 0. The van der Waals surface area contributed by atoms with Gasteiger partial charge in [0.2, 0.25) is 0 Å². The van der Waals surface area contributed by atoms with Gasteiger partial charge >= 0.3 is 0 Å². The fourth-order valence-corrected chi connectivity index (χ4v) is 2.66. The van der Waals surface area contributed by atoms with E-state index in [1.807, 2.05) is 13.8 Å². The zero-order valence-corrected chi connectivity index (χ0v) is 14.9. The SMILES string of the molecule is CCCCOc1ccc(S(=O)(=O)OCC(=O)CCC(C)C)cc1. The van der Waals surface area contributed by atoms with E-state index in [2.05, 4.69) is 6.92 Å². The molecule has 0 saturated carbocycles. The molecule has 0 fully saturated rings. The van der Waals surface area contributed by atoms with E-state index in [9.17, 15) is 13.2 Å². The van der Waals surface area contributed by atoms with E-state index in [-0.39, 0.29) is 10.7 Å². The van der Waals surface area contributed by atoms with Crippen LogP contribution in [-0.2, 0) is 19.1 Å². The highest BCUT2D eigenvalue weighted by Crippen LogP contribution is 2.18. The summed E-state index contributed by atoms with van der Waals surface area (Å²) in [6.07, 6.45) is 3.04. The monoisotopic (exact) mass is 342 g/mol. The third-order valence-electron chi connectivity index (χ3n) is 3.25. The Balaban J connectivity index is 2.54. The third-order valence-corrected chi connectivity index (χ3v) is 4.53. The first-order valence-corrected chi connectivity index (χ1v) is 9.40. The van der Waals surface area contributed by atoms with Gasteiger partial charge in [0.1, 0.15) is 12.4 Å². The summed E-state index contributed by atoms with van der Waals surface area (Å²) in [5.74, 6) is 0.808. The van der Waals surface area contributed by atoms with Crippen LogP contribution < -0.4 is 4.74 Å². The second kappa shape index (κ2) is 9.67. The third kappa shape index (κ3) is 7.61. The maximum Gasteiger partial charge on any atom is 0.297 e. The molecule has 23 heavy (non-hydrogen) atoms. The van der Waals surface area contributed by atoms with Crippen LogP contribution in [0.25, 0.3) is 0 Å². The summed E-state index contributed by atoms with van der Waals surface area (Å²) < 4.78 is 34.4. The fourth-order valence-electron chi connectivity index (χ4n) is 1.77. The molecule has 0 amide bonds. The molecule has 0 aliphatic rings. The lowest BCUT2D eigenvalue weighted by atomic mass is 10.1. The number of benzene rings is 1. The molecule has 6 heteroatoms. The van der Waals surface area contributed by atoms with Gasteiger partial charge in [0.25, 0.3) is 10.1 Å². The summed E-state index contributed by atoms with van der Waals surface area (Å²) >= 11 is 0. The van der Waals surface area contributed by atoms with Gasteiger partial charge in [0.05, 0.1) is 11.5 Å². The molecule has 1 aromatic carbocycles. The number of hydrogen-bond acceptors (Lipinski definition) is 5. The lowest BCUT2D eigenvalue weighted by Gasteiger charge is -2.08. The van der Waals surface area contributed by atoms with Crippen LogP contribution in [0.2, 0.25) is 0 Å². The summed E-state index contributed by atoms with van der Waals surface area (Å²) in [7, 11) is -3.91. The van der Waals surface area contributed by atoms with Crippen LogP contribution in [0.15, 0.2) is 29.2 Å². The van der Waals surface area contributed by atoms with E-state index in [0.29, 0.717) is 24.7 Å². The number of carbonyl (C=O) groups is 1. The van der Waals surface area contributed by atoms with E-state index in [4.69, 9.17) is 8.92 Å². The van der Waals surface area contributed by atoms with Crippen molar-refractivity contribution in [3.05, 3.63) is 24.3 Å². The predicted octanol–water partition coefficient (Wildman–Crippen LogP) is 3.58. The largest absolute Gasteiger partial charge is 0.494 e. The minimum absolute atomic E-state index is 0.0250. The van der Waals surface area contributed by atoms with Gasteiger partial charge < -0.3 is 4.74 Å². The van der Waals surface area contributed by atoms with Gasteiger partial charge in [-0.05, 0) is 43.0 Å². The highest BCUT2D eigenvalue weighted by molar-refractivity contribution is 7.86. The molecule has 0 atom stereocenters. The molecule has 0 heterocycles. The number of ether oxygens (including phenoxy) is 1. The Hall–Kier alpha value is -1.40. The van der Waals surface area contributed by atoms with E-state index >= 15 is 0 Å². The Morgan fingerprint density at radius 2 is 1.83 bits per heavy atom. The van der Waals surface area contributed by atoms with E-state index in [0.717, 1.165) is 19.3 Å². The first kappa shape index (κ1) is 19.6. The van der Waals surface area contributed by atoms with Crippen molar-refractivity contribution in [2.24, 2.45) is 5.92 Å². The molecule has 0 aliphatic carbocycles. The molecule has 0 radical (unpaired) electrons. The Morgan fingerprint density at radius 3 is 2.39 bits per heavy atom. The summed E-state index contributed by atoms with van der Waals surface area (Å²) in [5, 5.41) is 0. The molecule has 0 aromatic heterocycles. The van der Waals surface area contributed by atoms with Gasteiger partial charge in [-0.25, -0.2) is 0 Å².